The van der Waals surface area contributed by atoms with E-state index in [0.29, 0.717) is 22.9 Å². The van der Waals surface area contributed by atoms with Crippen LogP contribution in [0, 0.1) is 0 Å². The van der Waals surface area contributed by atoms with E-state index in [-0.39, 0.29) is 41.5 Å². The largest absolute Gasteiger partial charge is 0.497 e. The van der Waals surface area contributed by atoms with Gasteiger partial charge in [0, 0.05) is 12.2 Å². The van der Waals surface area contributed by atoms with Gasteiger partial charge in [0.2, 0.25) is 6.79 Å². The molecule has 0 atom stereocenters. The first-order valence-corrected chi connectivity index (χ1v) is 11.9. The van der Waals surface area contributed by atoms with Gasteiger partial charge in [0.1, 0.15) is 11.5 Å². The number of rotatable bonds is 9. The number of halogens is 1. The average molecular weight is 505 g/mol. The molecule has 0 saturated carbocycles. The molecule has 1 amide bonds. The van der Waals surface area contributed by atoms with E-state index in [1.165, 1.54) is 25.3 Å². The van der Waals surface area contributed by atoms with Crippen molar-refractivity contribution < 1.29 is 32.2 Å². The number of ether oxygens (including phenoxy) is 4. The lowest BCUT2D eigenvalue weighted by Crippen LogP contribution is -2.28. The standard InChI is InChI=1S/C23H21ClN2O7S/c1-30-17-5-3-16(4-6-17)26-34(28,29)18-7-9-20(19(24)11-18)31-13-23(27)25-12-15-2-8-21-22(10-15)33-14-32-21/h2-11,26H,12-14H2,1H3,(H,25,27). The number of hydrogen-bond acceptors (Lipinski definition) is 7. The summed E-state index contributed by atoms with van der Waals surface area (Å²) in [6.07, 6.45) is 0. The molecule has 0 spiro atoms. The highest BCUT2D eigenvalue weighted by Crippen LogP contribution is 2.32. The lowest BCUT2D eigenvalue weighted by atomic mass is 10.2. The first-order chi connectivity index (χ1) is 16.3. The molecule has 0 saturated heterocycles. The fourth-order valence-electron chi connectivity index (χ4n) is 3.08. The van der Waals surface area contributed by atoms with Crippen molar-refractivity contribution in [2.24, 2.45) is 0 Å². The zero-order valence-corrected chi connectivity index (χ0v) is 19.6. The van der Waals surface area contributed by atoms with Crippen molar-refractivity contribution in [3.8, 4) is 23.0 Å². The molecule has 9 nitrogen and oxygen atoms in total. The first kappa shape index (κ1) is 23.5. The Kier molecular flexibility index (Phi) is 6.99. The van der Waals surface area contributed by atoms with Gasteiger partial charge >= 0.3 is 0 Å². The van der Waals surface area contributed by atoms with Gasteiger partial charge in [-0.25, -0.2) is 8.42 Å². The van der Waals surface area contributed by atoms with Gasteiger partial charge in [-0.05, 0) is 60.2 Å². The molecule has 3 aromatic rings. The number of anilines is 1. The van der Waals surface area contributed by atoms with E-state index in [1.54, 1.807) is 36.4 Å². The van der Waals surface area contributed by atoms with Crippen molar-refractivity contribution in [2.75, 3.05) is 25.2 Å². The summed E-state index contributed by atoms with van der Waals surface area (Å²) in [5, 5.41) is 2.79. The predicted molar refractivity (Wildman–Crippen MR) is 125 cm³/mol. The van der Waals surface area contributed by atoms with Gasteiger partial charge in [-0.2, -0.15) is 0 Å². The maximum Gasteiger partial charge on any atom is 0.261 e. The Morgan fingerprint density at radius 3 is 2.53 bits per heavy atom. The molecule has 3 aromatic carbocycles. The maximum absolute atomic E-state index is 12.7. The van der Waals surface area contributed by atoms with Crippen LogP contribution in [0.5, 0.6) is 23.0 Å². The molecule has 1 aliphatic heterocycles. The molecule has 34 heavy (non-hydrogen) atoms. The second kappa shape index (κ2) is 10.1. The molecular formula is C23H21ClN2O7S. The summed E-state index contributed by atoms with van der Waals surface area (Å²) in [6, 6.07) is 15.8. The number of sulfonamides is 1. The number of methoxy groups -OCH3 is 1. The Labute approximate surface area is 201 Å². The van der Waals surface area contributed by atoms with Crippen LogP contribution in [0.2, 0.25) is 5.02 Å². The van der Waals surface area contributed by atoms with Crippen LogP contribution in [0.4, 0.5) is 5.69 Å². The zero-order valence-electron chi connectivity index (χ0n) is 18.0. The molecule has 0 aromatic heterocycles. The summed E-state index contributed by atoms with van der Waals surface area (Å²) in [6.45, 7) is 0.165. The van der Waals surface area contributed by atoms with Crippen molar-refractivity contribution in [3.05, 3.63) is 71.2 Å². The quantitative estimate of drug-likeness (QED) is 0.458. The van der Waals surface area contributed by atoms with Crippen LogP contribution >= 0.6 is 11.6 Å². The Bertz CT molecular complexity index is 1300. The molecule has 0 bridgehead atoms. The summed E-state index contributed by atoms with van der Waals surface area (Å²) in [7, 11) is -2.35. The molecule has 0 aliphatic carbocycles. The minimum atomic E-state index is -3.88. The number of carbonyl (C=O) groups excluding carboxylic acids is 1. The van der Waals surface area contributed by atoms with Gasteiger partial charge in [0.25, 0.3) is 15.9 Å². The molecule has 2 N–H and O–H groups in total. The normalized spacial score (nSPS) is 12.2. The number of carbonyl (C=O) groups is 1. The van der Waals surface area contributed by atoms with E-state index >= 15 is 0 Å². The van der Waals surface area contributed by atoms with E-state index in [2.05, 4.69) is 10.0 Å². The van der Waals surface area contributed by atoms with Gasteiger partial charge in [-0.3, -0.25) is 9.52 Å². The van der Waals surface area contributed by atoms with Crippen molar-refractivity contribution in [1.82, 2.24) is 5.32 Å². The highest BCUT2D eigenvalue weighted by Gasteiger charge is 2.17. The second-order valence-corrected chi connectivity index (χ2v) is 9.27. The lowest BCUT2D eigenvalue weighted by molar-refractivity contribution is -0.123. The van der Waals surface area contributed by atoms with Crippen LogP contribution in [-0.2, 0) is 21.4 Å². The summed E-state index contributed by atoms with van der Waals surface area (Å²) in [4.78, 5) is 12.1. The van der Waals surface area contributed by atoms with E-state index in [0.717, 1.165) is 5.56 Å². The third-order valence-corrected chi connectivity index (χ3v) is 6.52. The Balaban J connectivity index is 1.32. The Morgan fingerprint density at radius 1 is 1.03 bits per heavy atom. The summed E-state index contributed by atoms with van der Waals surface area (Å²) < 4.78 is 48.9. The van der Waals surface area contributed by atoms with Crippen molar-refractivity contribution >= 4 is 33.2 Å². The molecule has 1 aliphatic rings. The van der Waals surface area contributed by atoms with Gasteiger partial charge in [-0.15, -0.1) is 0 Å². The number of hydrogen-bond donors (Lipinski definition) is 2. The van der Waals surface area contributed by atoms with Gasteiger partial charge in [-0.1, -0.05) is 17.7 Å². The summed E-state index contributed by atoms with van der Waals surface area (Å²) >= 11 is 6.20. The van der Waals surface area contributed by atoms with Crippen LogP contribution in [0.3, 0.4) is 0 Å². The molecule has 0 radical (unpaired) electrons. The van der Waals surface area contributed by atoms with E-state index in [1.807, 2.05) is 6.07 Å². The highest BCUT2D eigenvalue weighted by atomic mass is 35.5. The van der Waals surface area contributed by atoms with Crippen LogP contribution in [0.15, 0.2) is 65.6 Å². The smallest absolute Gasteiger partial charge is 0.261 e. The minimum Gasteiger partial charge on any atom is -0.497 e. The number of nitrogens with one attached hydrogen (secondary N) is 2. The number of fused-ring (bicyclic) bond motifs is 1. The molecule has 1 heterocycles. The number of benzene rings is 3. The molecular weight excluding hydrogens is 484 g/mol. The zero-order chi connectivity index (χ0) is 24.1. The molecule has 11 heteroatoms. The van der Waals surface area contributed by atoms with Crippen LogP contribution in [0.1, 0.15) is 5.56 Å². The highest BCUT2D eigenvalue weighted by molar-refractivity contribution is 7.92. The molecule has 4 rings (SSSR count). The Hall–Kier alpha value is -3.63. The van der Waals surface area contributed by atoms with E-state index < -0.39 is 10.0 Å². The summed E-state index contributed by atoms with van der Waals surface area (Å²) in [5.41, 5.74) is 1.21. The topological polar surface area (TPSA) is 112 Å². The molecule has 0 fully saturated rings. The van der Waals surface area contributed by atoms with Gasteiger partial charge in [0.05, 0.1) is 17.0 Å². The third kappa shape index (κ3) is 5.64. The van der Waals surface area contributed by atoms with Crippen molar-refractivity contribution in [1.29, 1.82) is 0 Å². The summed E-state index contributed by atoms with van der Waals surface area (Å²) in [5.74, 6) is 1.71. The van der Waals surface area contributed by atoms with Crippen LogP contribution in [-0.4, -0.2) is 34.8 Å². The van der Waals surface area contributed by atoms with Gasteiger partial charge in [0.15, 0.2) is 18.1 Å². The second-order valence-electron chi connectivity index (χ2n) is 7.18. The Morgan fingerprint density at radius 2 is 1.79 bits per heavy atom. The minimum absolute atomic E-state index is 0.0482. The van der Waals surface area contributed by atoms with Gasteiger partial charge < -0.3 is 24.3 Å². The van der Waals surface area contributed by atoms with E-state index in [9.17, 15) is 13.2 Å². The van der Waals surface area contributed by atoms with Crippen molar-refractivity contribution in [2.45, 2.75) is 11.4 Å². The van der Waals surface area contributed by atoms with Crippen molar-refractivity contribution in [3.63, 3.8) is 0 Å². The molecule has 0 unspecified atom stereocenters. The third-order valence-electron chi connectivity index (χ3n) is 4.84. The van der Waals surface area contributed by atoms with E-state index in [4.69, 9.17) is 30.5 Å². The SMILES string of the molecule is COc1ccc(NS(=O)(=O)c2ccc(OCC(=O)NCc3ccc4c(c3)OCO4)c(Cl)c2)cc1. The lowest BCUT2D eigenvalue weighted by Gasteiger charge is -2.12. The maximum atomic E-state index is 12.7. The number of amides is 1. The average Bonchev–Trinajstić information content (AvgIpc) is 3.30. The van der Waals surface area contributed by atoms with Crippen LogP contribution < -0.4 is 29.0 Å². The molecule has 178 valence electrons. The first-order valence-electron chi connectivity index (χ1n) is 10.1. The predicted octanol–water partition coefficient (Wildman–Crippen LogP) is 3.57. The fraction of sp³-hybridized carbons (Fsp3) is 0.174. The fourth-order valence-corrected chi connectivity index (χ4v) is 4.47. The monoisotopic (exact) mass is 504 g/mol. The van der Waals surface area contributed by atoms with Crippen LogP contribution in [0.25, 0.3) is 0 Å².